The summed E-state index contributed by atoms with van der Waals surface area (Å²) in [7, 11) is 0. The van der Waals surface area contributed by atoms with Gasteiger partial charge in [-0.25, -0.2) is 4.79 Å². The Morgan fingerprint density at radius 1 is 1.47 bits per heavy atom. The summed E-state index contributed by atoms with van der Waals surface area (Å²) < 4.78 is 32.6. The number of ether oxygens (including phenoxy) is 2. The van der Waals surface area contributed by atoms with Gasteiger partial charge < -0.3 is 15.2 Å². The van der Waals surface area contributed by atoms with Crippen molar-refractivity contribution in [1.82, 2.24) is 0 Å². The number of halogens is 2. The second-order valence-electron chi connectivity index (χ2n) is 2.73. The van der Waals surface area contributed by atoms with E-state index < -0.39 is 12.7 Å². The molecule has 1 amide bonds. The van der Waals surface area contributed by atoms with E-state index in [4.69, 9.17) is 5.73 Å². The summed E-state index contributed by atoms with van der Waals surface area (Å²) in [4.78, 5) is 10.4. The highest BCUT2D eigenvalue weighted by Crippen LogP contribution is 2.25. The van der Waals surface area contributed by atoms with Gasteiger partial charge in [0, 0.05) is 6.07 Å². The molecule has 0 atom stereocenters. The minimum Gasteiger partial charge on any atom is -0.434 e. The van der Waals surface area contributed by atoms with E-state index in [1.54, 1.807) is 6.92 Å². The molecule has 0 heterocycles. The molecule has 0 bridgehead atoms. The minimum atomic E-state index is -2.92. The number of alkyl halides is 2. The van der Waals surface area contributed by atoms with E-state index in [9.17, 15) is 13.6 Å². The second kappa shape index (κ2) is 4.59. The van der Waals surface area contributed by atoms with Crippen LogP contribution in [0.1, 0.15) is 5.56 Å². The van der Waals surface area contributed by atoms with Crippen molar-refractivity contribution in [3.8, 4) is 11.5 Å². The predicted molar refractivity (Wildman–Crippen MR) is 48.0 cm³/mol. The van der Waals surface area contributed by atoms with Crippen LogP contribution >= 0.6 is 0 Å². The van der Waals surface area contributed by atoms with Crippen LogP contribution in [0.2, 0.25) is 0 Å². The lowest BCUT2D eigenvalue weighted by Gasteiger charge is -2.09. The van der Waals surface area contributed by atoms with Crippen LogP contribution in [0, 0.1) is 6.92 Å². The Morgan fingerprint density at radius 2 is 2.13 bits per heavy atom. The van der Waals surface area contributed by atoms with E-state index in [2.05, 4.69) is 9.47 Å². The normalized spacial score (nSPS) is 10.1. The smallest absolute Gasteiger partial charge is 0.409 e. The van der Waals surface area contributed by atoms with Crippen LogP contribution in [0.5, 0.6) is 11.5 Å². The van der Waals surface area contributed by atoms with Gasteiger partial charge in [-0.1, -0.05) is 6.07 Å². The highest BCUT2D eigenvalue weighted by Gasteiger charge is 2.09. The van der Waals surface area contributed by atoms with Crippen LogP contribution in [0.4, 0.5) is 13.6 Å². The lowest BCUT2D eigenvalue weighted by Crippen LogP contribution is -2.16. The zero-order valence-corrected chi connectivity index (χ0v) is 7.87. The molecule has 0 radical (unpaired) electrons. The van der Waals surface area contributed by atoms with Gasteiger partial charge >= 0.3 is 12.7 Å². The van der Waals surface area contributed by atoms with Gasteiger partial charge in [0.15, 0.2) is 0 Å². The summed E-state index contributed by atoms with van der Waals surface area (Å²) in [6, 6.07) is 4.08. The van der Waals surface area contributed by atoms with Crippen molar-refractivity contribution >= 4 is 6.09 Å². The maximum absolute atomic E-state index is 11.9. The molecule has 82 valence electrons. The molecule has 0 aliphatic heterocycles. The number of hydrogen-bond acceptors (Lipinski definition) is 3. The monoisotopic (exact) mass is 217 g/mol. The van der Waals surface area contributed by atoms with E-state index >= 15 is 0 Å². The first kappa shape index (κ1) is 11.2. The van der Waals surface area contributed by atoms with Crippen molar-refractivity contribution in [2.75, 3.05) is 0 Å². The van der Waals surface area contributed by atoms with E-state index in [0.29, 0.717) is 5.56 Å². The number of amides is 1. The SMILES string of the molecule is Cc1ccc(OC(N)=O)cc1OC(F)F. The number of hydrogen-bond donors (Lipinski definition) is 1. The molecule has 1 rings (SSSR count). The van der Waals surface area contributed by atoms with E-state index in [1.165, 1.54) is 18.2 Å². The van der Waals surface area contributed by atoms with Crippen molar-refractivity contribution in [2.24, 2.45) is 5.73 Å². The zero-order valence-electron chi connectivity index (χ0n) is 7.87. The molecule has 0 saturated heterocycles. The van der Waals surface area contributed by atoms with Gasteiger partial charge in [-0.2, -0.15) is 8.78 Å². The number of benzene rings is 1. The minimum absolute atomic E-state index is 0.0521. The zero-order chi connectivity index (χ0) is 11.4. The van der Waals surface area contributed by atoms with Crippen molar-refractivity contribution < 1.29 is 23.0 Å². The Morgan fingerprint density at radius 3 is 2.67 bits per heavy atom. The molecule has 0 aromatic heterocycles. The third kappa shape index (κ3) is 3.41. The van der Waals surface area contributed by atoms with Crippen molar-refractivity contribution in [1.29, 1.82) is 0 Å². The highest BCUT2D eigenvalue weighted by atomic mass is 19.3. The first-order chi connectivity index (χ1) is 6.99. The molecule has 0 unspecified atom stereocenters. The molecule has 15 heavy (non-hydrogen) atoms. The Kier molecular flexibility index (Phi) is 3.43. The van der Waals surface area contributed by atoms with Crippen LogP contribution in [-0.2, 0) is 0 Å². The standard InChI is InChI=1S/C9H9F2NO3/c1-5-2-3-6(14-9(12)13)4-7(5)15-8(10)11/h2-4,8H,1H3,(H2,12,13). The molecule has 0 spiro atoms. The number of nitrogens with two attached hydrogens (primary N) is 1. The van der Waals surface area contributed by atoms with Crippen LogP contribution in [-0.4, -0.2) is 12.7 Å². The molecule has 1 aromatic carbocycles. The number of aryl methyl sites for hydroxylation is 1. The average Bonchev–Trinajstić information content (AvgIpc) is 2.09. The molecular formula is C9H9F2NO3. The van der Waals surface area contributed by atoms with Gasteiger partial charge in [0.2, 0.25) is 0 Å². The molecule has 1 aromatic rings. The van der Waals surface area contributed by atoms with E-state index in [1.807, 2.05) is 0 Å². The van der Waals surface area contributed by atoms with E-state index in [0.717, 1.165) is 0 Å². The Balaban J connectivity index is 2.89. The Bertz CT molecular complexity index is 368. The van der Waals surface area contributed by atoms with Gasteiger partial charge in [0.05, 0.1) is 0 Å². The van der Waals surface area contributed by atoms with Gasteiger partial charge in [-0.05, 0) is 18.6 Å². The predicted octanol–water partition coefficient (Wildman–Crippen LogP) is 2.05. The van der Waals surface area contributed by atoms with Gasteiger partial charge in [-0.3, -0.25) is 0 Å². The molecule has 0 aliphatic rings. The lowest BCUT2D eigenvalue weighted by molar-refractivity contribution is -0.0503. The molecule has 2 N–H and O–H groups in total. The lowest BCUT2D eigenvalue weighted by atomic mass is 10.2. The quantitative estimate of drug-likeness (QED) is 0.842. The number of primary amides is 1. The highest BCUT2D eigenvalue weighted by molar-refractivity contribution is 5.68. The van der Waals surface area contributed by atoms with Crippen molar-refractivity contribution in [3.63, 3.8) is 0 Å². The summed E-state index contributed by atoms with van der Waals surface area (Å²) in [6.07, 6.45) is -1.01. The van der Waals surface area contributed by atoms with Gasteiger partial charge in [0.1, 0.15) is 11.5 Å². The third-order valence-electron chi connectivity index (χ3n) is 1.59. The fraction of sp³-hybridized carbons (Fsp3) is 0.222. The fourth-order valence-electron chi connectivity index (χ4n) is 0.983. The Hall–Kier alpha value is -1.85. The Labute approximate surface area is 84.6 Å². The maximum atomic E-state index is 11.9. The van der Waals surface area contributed by atoms with Crippen molar-refractivity contribution in [3.05, 3.63) is 23.8 Å². The topological polar surface area (TPSA) is 61.5 Å². The summed E-state index contributed by atoms with van der Waals surface area (Å²) in [5.74, 6) is 0.00694. The van der Waals surface area contributed by atoms with Crippen LogP contribution in [0.15, 0.2) is 18.2 Å². The number of rotatable bonds is 3. The molecule has 0 saturated carbocycles. The molecule has 0 fully saturated rings. The molecular weight excluding hydrogens is 208 g/mol. The second-order valence-corrected chi connectivity index (χ2v) is 2.73. The first-order valence-corrected chi connectivity index (χ1v) is 4.02. The van der Waals surface area contributed by atoms with Gasteiger partial charge in [0.25, 0.3) is 0 Å². The first-order valence-electron chi connectivity index (χ1n) is 4.02. The summed E-state index contributed by atoms with van der Waals surface area (Å²) in [5, 5.41) is 0. The largest absolute Gasteiger partial charge is 0.434 e. The van der Waals surface area contributed by atoms with Crippen LogP contribution in [0.3, 0.4) is 0 Å². The molecule has 0 aliphatic carbocycles. The van der Waals surface area contributed by atoms with Gasteiger partial charge in [-0.15, -0.1) is 0 Å². The third-order valence-corrected chi connectivity index (χ3v) is 1.59. The summed E-state index contributed by atoms with van der Waals surface area (Å²) in [5.41, 5.74) is 5.27. The van der Waals surface area contributed by atoms with Crippen LogP contribution in [0.25, 0.3) is 0 Å². The van der Waals surface area contributed by atoms with Crippen molar-refractivity contribution in [2.45, 2.75) is 13.5 Å². The van der Waals surface area contributed by atoms with Crippen LogP contribution < -0.4 is 15.2 Å². The maximum Gasteiger partial charge on any atom is 0.409 e. The average molecular weight is 217 g/mol. The molecule has 6 heteroatoms. The summed E-state index contributed by atoms with van der Waals surface area (Å²) in [6.45, 7) is -1.33. The van der Waals surface area contributed by atoms with E-state index in [-0.39, 0.29) is 11.5 Å². The number of carbonyl (C=O) groups excluding carboxylic acids is 1. The number of carbonyl (C=O) groups is 1. The fourth-order valence-corrected chi connectivity index (χ4v) is 0.983. The molecule has 4 nitrogen and oxygen atoms in total. The summed E-state index contributed by atoms with van der Waals surface area (Å²) >= 11 is 0.